The van der Waals surface area contributed by atoms with E-state index in [1.165, 1.54) is 0 Å². The second-order valence-electron chi connectivity index (χ2n) is 5.66. The summed E-state index contributed by atoms with van der Waals surface area (Å²) in [5, 5.41) is 9.41. The van der Waals surface area contributed by atoms with Gasteiger partial charge in [0.15, 0.2) is 0 Å². The lowest BCUT2D eigenvalue weighted by Crippen LogP contribution is -2.40. The van der Waals surface area contributed by atoms with Crippen molar-refractivity contribution in [1.82, 2.24) is 10.6 Å². The molecule has 1 unspecified atom stereocenters. The van der Waals surface area contributed by atoms with Crippen LogP contribution in [0.3, 0.4) is 0 Å². The number of rotatable bonds is 5. The van der Waals surface area contributed by atoms with Crippen LogP contribution >= 0.6 is 11.3 Å². The van der Waals surface area contributed by atoms with E-state index >= 15 is 0 Å². The molecule has 0 fully saturated rings. The highest BCUT2D eigenvalue weighted by atomic mass is 32.1. The van der Waals surface area contributed by atoms with Gasteiger partial charge >= 0.3 is 6.09 Å². The van der Waals surface area contributed by atoms with Gasteiger partial charge in [-0.3, -0.25) is 4.79 Å². The van der Waals surface area contributed by atoms with Gasteiger partial charge in [0.05, 0.1) is 0 Å². The Morgan fingerprint density at radius 1 is 1.40 bits per heavy atom. The van der Waals surface area contributed by atoms with E-state index in [9.17, 15) is 9.59 Å². The maximum Gasteiger partial charge on any atom is 0.407 e. The van der Waals surface area contributed by atoms with E-state index in [-0.39, 0.29) is 18.4 Å². The largest absolute Gasteiger partial charge is 0.444 e. The summed E-state index contributed by atoms with van der Waals surface area (Å²) < 4.78 is 5.13. The first-order valence-corrected chi connectivity index (χ1v) is 7.48. The number of hydrogen-bond donors (Lipinski definition) is 2. The Hall–Kier alpha value is -1.56. The van der Waals surface area contributed by atoms with Crippen LogP contribution in [0.4, 0.5) is 4.79 Å². The van der Waals surface area contributed by atoms with Gasteiger partial charge in [-0.1, -0.05) is 0 Å². The maximum absolute atomic E-state index is 11.7. The standard InChI is InChI=1S/C14H22N2O3S/c1-10(16-13(18)19-14(2,3)4)7-12(17)15-8-11-5-6-20-9-11/h5-6,9-10H,7-8H2,1-4H3,(H,15,17)(H,16,18). The van der Waals surface area contributed by atoms with Gasteiger partial charge in [0.2, 0.25) is 5.91 Å². The zero-order chi connectivity index (χ0) is 15.2. The number of nitrogens with one attached hydrogen (secondary N) is 2. The fourth-order valence-electron chi connectivity index (χ4n) is 1.50. The molecule has 1 rings (SSSR count). The van der Waals surface area contributed by atoms with Crippen molar-refractivity contribution in [2.24, 2.45) is 0 Å². The lowest BCUT2D eigenvalue weighted by molar-refractivity contribution is -0.121. The molecule has 2 N–H and O–H groups in total. The van der Waals surface area contributed by atoms with Gasteiger partial charge in [-0.15, -0.1) is 0 Å². The van der Waals surface area contributed by atoms with Gasteiger partial charge in [0, 0.05) is 19.0 Å². The summed E-state index contributed by atoms with van der Waals surface area (Å²) in [4.78, 5) is 23.2. The first kappa shape index (κ1) is 16.5. The molecule has 5 nitrogen and oxygen atoms in total. The number of carbonyl (C=O) groups is 2. The SMILES string of the molecule is CC(CC(=O)NCc1ccsc1)NC(=O)OC(C)(C)C. The quantitative estimate of drug-likeness (QED) is 0.878. The van der Waals surface area contributed by atoms with Gasteiger partial charge in [0.25, 0.3) is 0 Å². The van der Waals surface area contributed by atoms with Crippen LogP contribution in [0.15, 0.2) is 16.8 Å². The van der Waals surface area contributed by atoms with E-state index < -0.39 is 11.7 Å². The number of alkyl carbamates (subject to hydrolysis) is 1. The molecule has 112 valence electrons. The third kappa shape index (κ3) is 7.13. The second kappa shape index (κ2) is 7.28. The van der Waals surface area contributed by atoms with Crippen LogP contribution in [-0.4, -0.2) is 23.6 Å². The predicted octanol–water partition coefficient (Wildman–Crippen LogP) is 2.67. The number of ether oxygens (including phenoxy) is 1. The summed E-state index contributed by atoms with van der Waals surface area (Å²) in [5.41, 5.74) is 0.543. The number of thiophene rings is 1. The summed E-state index contributed by atoms with van der Waals surface area (Å²) in [6, 6.07) is 1.69. The lowest BCUT2D eigenvalue weighted by Gasteiger charge is -2.21. The zero-order valence-corrected chi connectivity index (χ0v) is 13.2. The summed E-state index contributed by atoms with van der Waals surface area (Å²) in [6.45, 7) is 7.68. The molecule has 6 heteroatoms. The van der Waals surface area contributed by atoms with Crippen molar-refractivity contribution in [3.05, 3.63) is 22.4 Å². The minimum atomic E-state index is -0.537. The molecule has 0 saturated carbocycles. The Morgan fingerprint density at radius 2 is 2.10 bits per heavy atom. The van der Waals surface area contributed by atoms with Crippen LogP contribution in [-0.2, 0) is 16.1 Å². The van der Waals surface area contributed by atoms with E-state index in [4.69, 9.17) is 4.74 Å². The number of hydrogen-bond acceptors (Lipinski definition) is 4. The van der Waals surface area contributed by atoms with Crippen LogP contribution in [0.1, 0.15) is 39.7 Å². The predicted molar refractivity (Wildman–Crippen MR) is 79.6 cm³/mol. The van der Waals surface area contributed by atoms with Crippen molar-refractivity contribution in [2.45, 2.75) is 52.3 Å². The molecule has 1 heterocycles. The minimum Gasteiger partial charge on any atom is -0.444 e. The van der Waals surface area contributed by atoms with E-state index in [1.54, 1.807) is 39.0 Å². The van der Waals surface area contributed by atoms with E-state index in [1.807, 2.05) is 16.8 Å². The average Bonchev–Trinajstić information content (AvgIpc) is 2.75. The molecule has 1 aromatic rings. The van der Waals surface area contributed by atoms with Crippen LogP contribution in [0.2, 0.25) is 0 Å². The van der Waals surface area contributed by atoms with Crippen LogP contribution in [0.5, 0.6) is 0 Å². The molecule has 0 bridgehead atoms. The van der Waals surface area contributed by atoms with Crippen molar-refractivity contribution in [1.29, 1.82) is 0 Å². The monoisotopic (exact) mass is 298 g/mol. The molecule has 0 saturated heterocycles. The maximum atomic E-state index is 11.7. The zero-order valence-electron chi connectivity index (χ0n) is 12.4. The van der Waals surface area contributed by atoms with Gasteiger partial charge in [-0.2, -0.15) is 11.3 Å². The molecule has 0 aromatic carbocycles. The molecule has 0 aliphatic rings. The van der Waals surface area contributed by atoms with Gasteiger partial charge < -0.3 is 15.4 Å². The fraction of sp³-hybridized carbons (Fsp3) is 0.571. The molecule has 0 aliphatic carbocycles. The Labute approximate surface area is 123 Å². The third-order valence-electron chi connectivity index (χ3n) is 2.32. The van der Waals surface area contributed by atoms with Gasteiger partial charge in [0.1, 0.15) is 5.60 Å². The highest BCUT2D eigenvalue weighted by molar-refractivity contribution is 7.07. The third-order valence-corrected chi connectivity index (χ3v) is 3.06. The van der Waals surface area contributed by atoms with E-state index in [2.05, 4.69) is 10.6 Å². The molecular weight excluding hydrogens is 276 g/mol. The average molecular weight is 298 g/mol. The van der Waals surface area contributed by atoms with Crippen LogP contribution in [0, 0.1) is 0 Å². The molecule has 2 amide bonds. The second-order valence-corrected chi connectivity index (χ2v) is 6.44. The van der Waals surface area contributed by atoms with Crippen LogP contribution < -0.4 is 10.6 Å². The summed E-state index contributed by atoms with van der Waals surface area (Å²) in [6.07, 6.45) is -0.278. The molecule has 20 heavy (non-hydrogen) atoms. The van der Waals surface area contributed by atoms with Crippen molar-refractivity contribution in [3.63, 3.8) is 0 Å². The molecule has 0 radical (unpaired) electrons. The molecule has 1 aromatic heterocycles. The highest BCUT2D eigenvalue weighted by Gasteiger charge is 2.18. The summed E-state index contributed by atoms with van der Waals surface area (Å²) >= 11 is 1.59. The Kier molecular flexibility index (Phi) is 6.01. The van der Waals surface area contributed by atoms with Crippen molar-refractivity contribution in [3.8, 4) is 0 Å². The smallest absolute Gasteiger partial charge is 0.407 e. The van der Waals surface area contributed by atoms with E-state index in [0.29, 0.717) is 6.54 Å². The minimum absolute atomic E-state index is 0.0974. The van der Waals surface area contributed by atoms with Gasteiger partial charge in [-0.25, -0.2) is 4.79 Å². The van der Waals surface area contributed by atoms with Crippen LogP contribution in [0.25, 0.3) is 0 Å². The van der Waals surface area contributed by atoms with Gasteiger partial charge in [-0.05, 0) is 50.1 Å². The molecular formula is C14H22N2O3S. The Morgan fingerprint density at radius 3 is 2.65 bits per heavy atom. The van der Waals surface area contributed by atoms with Crippen molar-refractivity contribution < 1.29 is 14.3 Å². The topological polar surface area (TPSA) is 67.4 Å². The first-order valence-electron chi connectivity index (χ1n) is 6.53. The summed E-state index contributed by atoms with van der Waals surface area (Å²) in [7, 11) is 0. The normalized spacial score (nSPS) is 12.6. The highest BCUT2D eigenvalue weighted by Crippen LogP contribution is 2.07. The molecule has 1 atom stereocenters. The Bertz CT molecular complexity index is 438. The molecule has 0 spiro atoms. The molecule has 0 aliphatic heterocycles. The number of amides is 2. The fourth-order valence-corrected chi connectivity index (χ4v) is 2.17. The van der Waals surface area contributed by atoms with E-state index in [0.717, 1.165) is 5.56 Å². The Balaban J connectivity index is 2.25. The van der Waals surface area contributed by atoms with Crippen molar-refractivity contribution >= 4 is 23.3 Å². The first-order chi connectivity index (χ1) is 9.26. The summed E-state index contributed by atoms with van der Waals surface area (Å²) in [5.74, 6) is -0.0974. The lowest BCUT2D eigenvalue weighted by atomic mass is 10.2. The number of carbonyl (C=O) groups excluding carboxylic acids is 2. The van der Waals surface area contributed by atoms with Crippen molar-refractivity contribution in [2.75, 3.05) is 0 Å².